The summed E-state index contributed by atoms with van der Waals surface area (Å²) < 4.78 is 27.6. The van der Waals surface area contributed by atoms with E-state index in [2.05, 4.69) is 9.88 Å². The van der Waals surface area contributed by atoms with Crippen molar-refractivity contribution in [2.24, 2.45) is 10.9 Å². The Bertz CT molecular complexity index is 410. The molecule has 0 spiro atoms. The van der Waals surface area contributed by atoms with Crippen LogP contribution in [0.1, 0.15) is 58.8 Å². The number of nitrogens with one attached hydrogen (secondary N) is 1. The van der Waals surface area contributed by atoms with Gasteiger partial charge in [-0.1, -0.05) is 38.3 Å². The molecule has 1 fully saturated rings. The van der Waals surface area contributed by atoms with Gasteiger partial charge < -0.3 is 10.9 Å². The molecular formula is C12H25N3O3S. The van der Waals surface area contributed by atoms with Crippen LogP contribution in [0.2, 0.25) is 0 Å². The fourth-order valence-electron chi connectivity index (χ4n) is 2.64. The van der Waals surface area contributed by atoms with Gasteiger partial charge in [0.25, 0.3) is 0 Å². The molecular weight excluding hydrogens is 266 g/mol. The summed E-state index contributed by atoms with van der Waals surface area (Å²) in [7, 11) is -3.44. The van der Waals surface area contributed by atoms with Gasteiger partial charge in [-0.2, -0.15) is 0 Å². The largest absolute Gasteiger partial charge is 0.409 e. The predicted octanol–water partition coefficient (Wildman–Crippen LogP) is 1.54. The number of oxime groups is 1. The van der Waals surface area contributed by atoms with Gasteiger partial charge in [-0.3, -0.25) is 0 Å². The summed E-state index contributed by atoms with van der Waals surface area (Å²) in [6, 6.07) is 0. The Morgan fingerprint density at radius 1 is 1.32 bits per heavy atom. The number of amidine groups is 1. The van der Waals surface area contributed by atoms with Crippen molar-refractivity contribution >= 4 is 15.9 Å². The molecule has 4 N–H and O–H groups in total. The third-order valence-electron chi connectivity index (χ3n) is 4.13. The molecule has 0 saturated heterocycles. The van der Waals surface area contributed by atoms with Crippen molar-refractivity contribution in [3.05, 3.63) is 0 Å². The van der Waals surface area contributed by atoms with Crippen LogP contribution in [0, 0.1) is 0 Å². The molecule has 7 heteroatoms. The first-order valence-electron chi connectivity index (χ1n) is 6.92. The summed E-state index contributed by atoms with van der Waals surface area (Å²) in [5.74, 6) is -0.0723. The van der Waals surface area contributed by atoms with E-state index in [1.807, 2.05) is 13.8 Å². The lowest BCUT2D eigenvalue weighted by Gasteiger charge is -2.33. The van der Waals surface area contributed by atoms with Crippen LogP contribution < -0.4 is 10.5 Å². The molecule has 1 aliphatic carbocycles. The lowest BCUT2D eigenvalue weighted by molar-refractivity contribution is 0.307. The third kappa shape index (κ3) is 3.60. The average Bonchev–Trinajstić information content (AvgIpc) is 2.45. The zero-order chi connectivity index (χ0) is 14.5. The van der Waals surface area contributed by atoms with E-state index in [1.54, 1.807) is 0 Å². The molecule has 0 aromatic heterocycles. The molecule has 1 saturated carbocycles. The number of hydrogen-bond donors (Lipinski definition) is 3. The maximum absolute atomic E-state index is 12.4. The summed E-state index contributed by atoms with van der Waals surface area (Å²) in [6.45, 7) is 3.65. The third-order valence-corrected chi connectivity index (χ3v) is 6.16. The summed E-state index contributed by atoms with van der Waals surface area (Å²) >= 11 is 0. The monoisotopic (exact) mass is 291 g/mol. The Morgan fingerprint density at radius 3 is 2.26 bits per heavy atom. The normalized spacial score (nSPS) is 19.6. The van der Waals surface area contributed by atoms with Crippen molar-refractivity contribution in [2.75, 3.05) is 0 Å². The van der Waals surface area contributed by atoms with Crippen molar-refractivity contribution in [1.29, 1.82) is 0 Å². The van der Waals surface area contributed by atoms with Crippen LogP contribution >= 0.6 is 0 Å². The molecule has 1 rings (SSSR count). The van der Waals surface area contributed by atoms with E-state index >= 15 is 0 Å². The van der Waals surface area contributed by atoms with E-state index in [-0.39, 0.29) is 11.1 Å². The van der Waals surface area contributed by atoms with E-state index in [1.165, 1.54) is 0 Å². The smallest absolute Gasteiger partial charge is 0.215 e. The number of rotatable bonds is 6. The summed E-state index contributed by atoms with van der Waals surface area (Å²) in [5, 5.41) is 11.5. The zero-order valence-electron chi connectivity index (χ0n) is 11.7. The Balaban J connectivity index is 2.95. The van der Waals surface area contributed by atoms with Gasteiger partial charge in [0, 0.05) is 0 Å². The van der Waals surface area contributed by atoms with Crippen LogP contribution in [-0.2, 0) is 10.0 Å². The standard InChI is InChI=1S/C12H25N3O3S/c1-3-12(4-2,11(13)14-16)15-19(17,18)10-8-6-5-7-9-10/h10,15-16H,3-9H2,1-2H3,(H2,13,14). The fourth-order valence-corrected chi connectivity index (χ4v) is 4.69. The highest BCUT2D eigenvalue weighted by molar-refractivity contribution is 7.90. The van der Waals surface area contributed by atoms with E-state index in [9.17, 15) is 8.42 Å². The predicted molar refractivity (Wildman–Crippen MR) is 75.7 cm³/mol. The highest BCUT2D eigenvalue weighted by Crippen LogP contribution is 2.26. The van der Waals surface area contributed by atoms with Gasteiger partial charge in [0.2, 0.25) is 10.0 Å². The first-order valence-corrected chi connectivity index (χ1v) is 8.47. The molecule has 0 aromatic rings. The van der Waals surface area contributed by atoms with Gasteiger partial charge >= 0.3 is 0 Å². The van der Waals surface area contributed by atoms with Crippen LogP contribution in [0.3, 0.4) is 0 Å². The number of nitrogens with two attached hydrogens (primary N) is 1. The summed E-state index contributed by atoms with van der Waals surface area (Å²) in [6.07, 6.45) is 5.26. The minimum Gasteiger partial charge on any atom is -0.409 e. The first kappa shape index (κ1) is 16.2. The Kier molecular flexibility index (Phi) is 5.61. The van der Waals surface area contributed by atoms with Crippen LogP contribution in [0.4, 0.5) is 0 Å². The molecule has 0 aliphatic heterocycles. The lowest BCUT2D eigenvalue weighted by Crippen LogP contribution is -2.58. The number of nitrogens with zero attached hydrogens (tertiary/aromatic N) is 1. The molecule has 0 heterocycles. The second-order valence-electron chi connectivity index (χ2n) is 5.18. The van der Waals surface area contributed by atoms with Crippen molar-refractivity contribution < 1.29 is 13.6 Å². The number of sulfonamides is 1. The highest BCUT2D eigenvalue weighted by atomic mass is 32.2. The molecule has 112 valence electrons. The molecule has 1 aliphatic rings. The molecule has 0 unspecified atom stereocenters. The average molecular weight is 291 g/mol. The molecule has 0 amide bonds. The van der Waals surface area contributed by atoms with Gasteiger partial charge in [-0.15, -0.1) is 0 Å². The molecule has 0 atom stereocenters. The second-order valence-corrected chi connectivity index (χ2v) is 7.14. The van der Waals surface area contributed by atoms with Gasteiger partial charge in [-0.25, -0.2) is 13.1 Å². The first-order chi connectivity index (χ1) is 8.91. The molecule has 6 nitrogen and oxygen atoms in total. The van der Waals surface area contributed by atoms with Gasteiger partial charge in [-0.05, 0) is 25.7 Å². The van der Waals surface area contributed by atoms with Gasteiger partial charge in [0.15, 0.2) is 5.84 Å². The number of hydrogen-bond acceptors (Lipinski definition) is 4. The Hall–Kier alpha value is -0.820. The Morgan fingerprint density at radius 2 is 1.84 bits per heavy atom. The van der Waals surface area contributed by atoms with Crippen molar-refractivity contribution in [1.82, 2.24) is 4.72 Å². The van der Waals surface area contributed by atoms with Crippen LogP contribution in [0.25, 0.3) is 0 Å². The van der Waals surface area contributed by atoms with Crippen molar-refractivity contribution in [3.63, 3.8) is 0 Å². The summed E-state index contributed by atoms with van der Waals surface area (Å²) in [5.41, 5.74) is 4.70. The van der Waals surface area contributed by atoms with Crippen LogP contribution in [-0.4, -0.2) is 30.2 Å². The topological polar surface area (TPSA) is 105 Å². The van der Waals surface area contributed by atoms with Gasteiger partial charge in [0.1, 0.15) is 0 Å². The van der Waals surface area contributed by atoms with Crippen LogP contribution in [0.15, 0.2) is 5.16 Å². The molecule has 0 aromatic carbocycles. The minimum absolute atomic E-state index is 0.0723. The van der Waals surface area contributed by atoms with Crippen LogP contribution in [0.5, 0.6) is 0 Å². The van der Waals surface area contributed by atoms with Gasteiger partial charge in [0.05, 0.1) is 10.8 Å². The van der Waals surface area contributed by atoms with Crippen molar-refractivity contribution in [3.8, 4) is 0 Å². The van der Waals surface area contributed by atoms with Crippen molar-refractivity contribution in [2.45, 2.75) is 69.6 Å². The quantitative estimate of drug-likeness (QED) is 0.299. The Labute approximate surface area is 115 Å². The molecule has 0 bridgehead atoms. The molecule has 0 radical (unpaired) electrons. The highest BCUT2D eigenvalue weighted by Gasteiger charge is 2.39. The zero-order valence-corrected chi connectivity index (χ0v) is 12.5. The second kappa shape index (κ2) is 6.56. The maximum atomic E-state index is 12.4. The fraction of sp³-hybridized carbons (Fsp3) is 0.917. The lowest BCUT2D eigenvalue weighted by atomic mass is 9.93. The van der Waals surface area contributed by atoms with E-state index in [4.69, 9.17) is 10.9 Å². The SMILES string of the molecule is CCC(CC)(NS(=O)(=O)C1CCCCC1)/C(N)=N/O. The van der Waals surface area contributed by atoms with E-state index in [0.717, 1.165) is 19.3 Å². The molecule has 19 heavy (non-hydrogen) atoms. The van der Waals surface area contributed by atoms with E-state index in [0.29, 0.717) is 25.7 Å². The maximum Gasteiger partial charge on any atom is 0.215 e. The minimum atomic E-state index is -3.44. The summed E-state index contributed by atoms with van der Waals surface area (Å²) in [4.78, 5) is 0. The van der Waals surface area contributed by atoms with E-state index < -0.39 is 15.6 Å².